The first-order chi connectivity index (χ1) is 14.6. The summed E-state index contributed by atoms with van der Waals surface area (Å²) >= 11 is 0. The van der Waals surface area contributed by atoms with Gasteiger partial charge in [-0.1, -0.05) is 37.3 Å². The molecule has 0 aliphatic rings. The van der Waals surface area contributed by atoms with Crippen LogP contribution in [0.25, 0.3) is 22.4 Å². The fraction of sp³-hybridized carbons (Fsp3) is 0.167. The molecule has 0 radical (unpaired) electrons. The van der Waals surface area contributed by atoms with Gasteiger partial charge in [-0.2, -0.15) is 0 Å². The third-order valence-electron chi connectivity index (χ3n) is 5.08. The van der Waals surface area contributed by atoms with Crippen LogP contribution < -0.4 is 10.9 Å². The third-order valence-corrected chi connectivity index (χ3v) is 5.08. The minimum atomic E-state index is -0.197. The molecule has 1 N–H and O–H groups in total. The number of carbonyl (C=O) groups is 1. The van der Waals surface area contributed by atoms with Gasteiger partial charge in [0.1, 0.15) is 11.2 Å². The Balaban J connectivity index is 1.66. The molecule has 2 aromatic heterocycles. The maximum absolute atomic E-state index is 12.9. The van der Waals surface area contributed by atoms with E-state index in [4.69, 9.17) is 0 Å². The lowest BCUT2D eigenvalue weighted by Gasteiger charge is -2.11. The van der Waals surface area contributed by atoms with E-state index in [1.54, 1.807) is 41.1 Å². The van der Waals surface area contributed by atoms with Crippen molar-refractivity contribution in [2.45, 2.75) is 26.8 Å². The molecule has 0 unspecified atom stereocenters. The van der Waals surface area contributed by atoms with Crippen LogP contribution in [0.5, 0.6) is 0 Å². The van der Waals surface area contributed by atoms with Gasteiger partial charge in [-0.15, -0.1) is 0 Å². The van der Waals surface area contributed by atoms with Crippen LogP contribution in [0.15, 0.2) is 71.7 Å². The summed E-state index contributed by atoms with van der Waals surface area (Å²) in [6.45, 7) is 4.45. The number of benzene rings is 2. The van der Waals surface area contributed by atoms with Crippen molar-refractivity contribution in [1.29, 1.82) is 0 Å². The maximum atomic E-state index is 12.9. The van der Waals surface area contributed by atoms with Crippen LogP contribution in [0.3, 0.4) is 0 Å². The minimum Gasteiger partial charge on any atom is -0.322 e. The number of nitrogens with one attached hydrogen (secondary N) is 1. The molecule has 6 nitrogen and oxygen atoms in total. The molecule has 0 atom stereocenters. The summed E-state index contributed by atoms with van der Waals surface area (Å²) in [6, 6.07) is 18.3. The molecule has 6 heteroatoms. The van der Waals surface area contributed by atoms with Crippen molar-refractivity contribution in [2.75, 3.05) is 5.32 Å². The van der Waals surface area contributed by atoms with Gasteiger partial charge < -0.3 is 5.32 Å². The Morgan fingerprint density at radius 3 is 2.50 bits per heavy atom. The summed E-state index contributed by atoms with van der Waals surface area (Å²) in [5.41, 5.74) is 4.45. The van der Waals surface area contributed by atoms with Crippen LogP contribution in [-0.4, -0.2) is 20.4 Å². The molecule has 150 valence electrons. The van der Waals surface area contributed by atoms with E-state index in [1.807, 2.05) is 37.3 Å². The molecule has 4 aromatic rings. The fourth-order valence-corrected chi connectivity index (χ4v) is 3.48. The van der Waals surface area contributed by atoms with Crippen LogP contribution in [0.1, 0.15) is 29.8 Å². The SMILES string of the molecule is CCc1ccccc1NC(=O)c1ccc(-c2nc3cccnc3n(CC)c2=O)cc1. The average Bonchev–Trinajstić information content (AvgIpc) is 2.79. The lowest BCUT2D eigenvalue weighted by Crippen LogP contribution is -2.23. The van der Waals surface area contributed by atoms with Crippen molar-refractivity contribution in [3.63, 3.8) is 0 Å². The van der Waals surface area contributed by atoms with E-state index in [9.17, 15) is 9.59 Å². The molecule has 0 saturated carbocycles. The lowest BCUT2D eigenvalue weighted by atomic mass is 10.1. The van der Waals surface area contributed by atoms with Crippen LogP contribution in [-0.2, 0) is 13.0 Å². The minimum absolute atomic E-state index is 0.191. The molecule has 30 heavy (non-hydrogen) atoms. The van der Waals surface area contributed by atoms with E-state index in [-0.39, 0.29) is 11.5 Å². The molecule has 0 aliphatic carbocycles. The number of aryl methyl sites for hydroxylation is 2. The number of fused-ring (bicyclic) bond motifs is 1. The molecular weight excluding hydrogens is 376 g/mol. The summed E-state index contributed by atoms with van der Waals surface area (Å²) in [6.07, 6.45) is 2.49. The van der Waals surface area contributed by atoms with E-state index < -0.39 is 0 Å². The van der Waals surface area contributed by atoms with E-state index >= 15 is 0 Å². The second-order valence-corrected chi connectivity index (χ2v) is 6.90. The first kappa shape index (κ1) is 19.5. The number of hydrogen-bond donors (Lipinski definition) is 1. The smallest absolute Gasteiger partial charge is 0.278 e. The van der Waals surface area contributed by atoms with Crippen molar-refractivity contribution in [1.82, 2.24) is 14.5 Å². The van der Waals surface area contributed by atoms with Crippen molar-refractivity contribution < 1.29 is 4.79 Å². The zero-order chi connectivity index (χ0) is 21.1. The van der Waals surface area contributed by atoms with Gasteiger partial charge in [0, 0.05) is 29.6 Å². The zero-order valence-corrected chi connectivity index (χ0v) is 16.9. The Labute approximate surface area is 174 Å². The second kappa shape index (κ2) is 8.29. The monoisotopic (exact) mass is 398 g/mol. The highest BCUT2D eigenvalue weighted by Gasteiger charge is 2.14. The van der Waals surface area contributed by atoms with Crippen LogP contribution >= 0.6 is 0 Å². The molecule has 2 heterocycles. The van der Waals surface area contributed by atoms with E-state index in [2.05, 4.69) is 22.2 Å². The van der Waals surface area contributed by atoms with Crippen molar-refractivity contribution in [2.24, 2.45) is 0 Å². The molecule has 0 bridgehead atoms. The molecule has 0 fully saturated rings. The first-order valence-corrected chi connectivity index (χ1v) is 9.97. The second-order valence-electron chi connectivity index (χ2n) is 6.90. The van der Waals surface area contributed by atoms with Crippen LogP contribution in [0.2, 0.25) is 0 Å². The number of aromatic nitrogens is 3. The maximum Gasteiger partial charge on any atom is 0.278 e. The molecule has 4 rings (SSSR count). The first-order valence-electron chi connectivity index (χ1n) is 9.97. The Hall–Kier alpha value is -3.80. The third kappa shape index (κ3) is 3.59. The Morgan fingerprint density at radius 1 is 1.00 bits per heavy atom. The molecular formula is C24H22N4O2. The Bertz CT molecular complexity index is 1280. The van der Waals surface area contributed by atoms with Crippen LogP contribution in [0, 0.1) is 0 Å². The summed E-state index contributed by atoms with van der Waals surface area (Å²) in [5.74, 6) is -0.191. The Morgan fingerprint density at radius 2 is 1.77 bits per heavy atom. The predicted molar refractivity (Wildman–Crippen MR) is 119 cm³/mol. The highest BCUT2D eigenvalue weighted by molar-refractivity contribution is 6.04. The van der Waals surface area contributed by atoms with Gasteiger partial charge in [0.15, 0.2) is 5.65 Å². The number of anilines is 1. The summed E-state index contributed by atoms with van der Waals surface area (Å²) < 4.78 is 1.61. The number of pyridine rings is 1. The number of nitrogens with zero attached hydrogens (tertiary/aromatic N) is 3. The summed E-state index contributed by atoms with van der Waals surface area (Å²) in [7, 11) is 0. The van der Waals surface area contributed by atoms with Gasteiger partial charge in [-0.3, -0.25) is 14.2 Å². The van der Waals surface area contributed by atoms with Gasteiger partial charge in [-0.05, 0) is 49.2 Å². The number of rotatable bonds is 5. The highest BCUT2D eigenvalue weighted by Crippen LogP contribution is 2.20. The Kier molecular flexibility index (Phi) is 5.39. The van der Waals surface area contributed by atoms with Gasteiger partial charge >= 0.3 is 0 Å². The zero-order valence-electron chi connectivity index (χ0n) is 16.9. The van der Waals surface area contributed by atoms with Gasteiger partial charge in [-0.25, -0.2) is 9.97 Å². The lowest BCUT2D eigenvalue weighted by molar-refractivity contribution is 0.102. The molecule has 0 saturated heterocycles. The number of amides is 1. The molecule has 0 spiro atoms. The largest absolute Gasteiger partial charge is 0.322 e. The highest BCUT2D eigenvalue weighted by atomic mass is 16.1. The molecule has 1 amide bonds. The van der Waals surface area contributed by atoms with Crippen LogP contribution in [0.4, 0.5) is 5.69 Å². The predicted octanol–water partition coefficient (Wildman–Crippen LogP) is 4.29. The number of hydrogen-bond acceptors (Lipinski definition) is 4. The van der Waals surface area contributed by atoms with E-state index in [0.717, 1.165) is 17.7 Å². The quantitative estimate of drug-likeness (QED) is 0.544. The standard InChI is InChI=1S/C24H22N4O2/c1-3-16-8-5-6-9-19(16)27-23(29)18-13-11-17(12-14-18)21-24(30)28(4-2)22-20(26-21)10-7-15-25-22/h5-15H,3-4H2,1-2H3,(H,27,29). The number of carbonyl (C=O) groups excluding carboxylic acids is 1. The van der Waals surface area contributed by atoms with Gasteiger partial charge in [0.25, 0.3) is 11.5 Å². The van der Waals surface area contributed by atoms with Crippen molar-refractivity contribution in [3.8, 4) is 11.3 Å². The summed E-state index contributed by atoms with van der Waals surface area (Å²) in [5, 5.41) is 2.96. The number of para-hydroxylation sites is 1. The molecule has 0 aliphatic heterocycles. The normalized spacial score (nSPS) is 10.9. The average molecular weight is 398 g/mol. The van der Waals surface area contributed by atoms with Crippen molar-refractivity contribution in [3.05, 3.63) is 88.3 Å². The van der Waals surface area contributed by atoms with E-state index in [1.165, 1.54) is 0 Å². The van der Waals surface area contributed by atoms with Crippen molar-refractivity contribution >= 4 is 22.8 Å². The van der Waals surface area contributed by atoms with Gasteiger partial charge in [0.2, 0.25) is 0 Å². The molecule has 2 aromatic carbocycles. The fourth-order valence-electron chi connectivity index (χ4n) is 3.48. The summed E-state index contributed by atoms with van der Waals surface area (Å²) in [4.78, 5) is 34.4. The topological polar surface area (TPSA) is 76.9 Å². The van der Waals surface area contributed by atoms with E-state index in [0.29, 0.717) is 34.5 Å². The van der Waals surface area contributed by atoms with Gasteiger partial charge in [0.05, 0.1) is 0 Å².